The summed E-state index contributed by atoms with van der Waals surface area (Å²) in [5.74, 6) is -0.139. The predicted octanol–water partition coefficient (Wildman–Crippen LogP) is 6.03. The van der Waals surface area contributed by atoms with Crippen molar-refractivity contribution in [1.82, 2.24) is 4.72 Å². The monoisotopic (exact) mass is 515 g/mol. The van der Waals surface area contributed by atoms with Crippen LogP contribution in [0.5, 0.6) is 0 Å². The highest BCUT2D eigenvalue weighted by Crippen LogP contribution is 2.40. The van der Waals surface area contributed by atoms with Gasteiger partial charge in [0, 0.05) is 12.5 Å². The number of hydrogen-bond acceptors (Lipinski definition) is 2. The van der Waals surface area contributed by atoms with Gasteiger partial charge in [0.25, 0.3) is 8.32 Å². The molecule has 0 spiro atoms. The van der Waals surface area contributed by atoms with Gasteiger partial charge in [0.05, 0.1) is 21.8 Å². The van der Waals surface area contributed by atoms with Crippen molar-refractivity contribution in [1.29, 1.82) is 0 Å². The van der Waals surface area contributed by atoms with Crippen LogP contribution in [-0.4, -0.2) is 29.9 Å². The van der Waals surface area contributed by atoms with Crippen molar-refractivity contribution < 1.29 is 13.0 Å². The van der Waals surface area contributed by atoms with E-state index in [2.05, 4.69) is 74.0 Å². The third-order valence-corrected chi connectivity index (χ3v) is 13.6. The minimum absolute atomic E-state index is 0.0315. The zero-order chi connectivity index (χ0) is 25.9. The van der Waals surface area contributed by atoms with Crippen LogP contribution in [0.3, 0.4) is 0 Å². The molecular weight excluding hydrogens is 473 g/mol. The molecule has 0 aromatic heterocycles. The van der Waals surface area contributed by atoms with Crippen LogP contribution >= 0.6 is 0 Å². The van der Waals surface area contributed by atoms with E-state index in [-0.39, 0.29) is 16.8 Å². The normalized spacial score (nSPS) is 20.5. The summed E-state index contributed by atoms with van der Waals surface area (Å²) in [6.45, 7) is 14.7. The Kier molecular flexibility index (Phi) is 8.95. The maximum Gasteiger partial charge on any atom is 0.261 e. The molecule has 1 aliphatic rings. The van der Waals surface area contributed by atoms with Gasteiger partial charge in [-0.2, -0.15) is 0 Å². The number of nitrogens with one attached hydrogen (secondary N) is 1. The van der Waals surface area contributed by atoms with E-state index in [1.54, 1.807) is 6.92 Å². The molecule has 2 aromatic rings. The lowest BCUT2D eigenvalue weighted by molar-refractivity contribution is 0.253. The van der Waals surface area contributed by atoms with E-state index in [1.807, 2.05) is 32.9 Å². The second-order valence-electron chi connectivity index (χ2n) is 11.7. The smallest absolute Gasteiger partial charge is 0.261 e. The molecule has 3 atom stereocenters. The average Bonchev–Trinajstić information content (AvgIpc) is 3.27. The fourth-order valence-electron chi connectivity index (χ4n) is 5.07. The molecule has 0 saturated heterocycles. The number of hydrogen-bond donors (Lipinski definition) is 1. The molecule has 0 amide bonds. The second-order valence-corrected chi connectivity index (χ2v) is 18.0. The first-order valence-electron chi connectivity index (χ1n) is 12.7. The Hall–Kier alpha value is -1.60. The Morgan fingerprint density at radius 3 is 2.00 bits per heavy atom. The van der Waals surface area contributed by atoms with Crippen LogP contribution in [0.25, 0.3) is 0 Å². The topological polar surface area (TPSA) is 38.3 Å². The van der Waals surface area contributed by atoms with Crippen molar-refractivity contribution in [3.05, 3.63) is 72.1 Å². The number of benzene rings is 2. The Labute approximate surface area is 215 Å². The van der Waals surface area contributed by atoms with E-state index in [4.69, 9.17) is 4.43 Å². The van der Waals surface area contributed by atoms with Crippen LogP contribution in [0.1, 0.15) is 67.7 Å². The van der Waals surface area contributed by atoms with Crippen molar-refractivity contribution in [2.75, 3.05) is 6.61 Å². The summed E-state index contributed by atoms with van der Waals surface area (Å²) in [6, 6.07) is 20.6. The zero-order valence-electron chi connectivity index (χ0n) is 22.4. The lowest BCUT2D eigenvalue weighted by atomic mass is 10.0. The van der Waals surface area contributed by atoms with Gasteiger partial charge >= 0.3 is 0 Å². The van der Waals surface area contributed by atoms with E-state index >= 15 is 4.39 Å². The van der Waals surface area contributed by atoms with Gasteiger partial charge in [-0.05, 0) is 67.9 Å². The number of halogens is 1. The van der Waals surface area contributed by atoms with Crippen molar-refractivity contribution in [3.8, 4) is 0 Å². The first kappa shape index (κ1) is 28.0. The molecule has 0 bridgehead atoms. The third-order valence-electron chi connectivity index (χ3n) is 6.94. The first-order chi connectivity index (χ1) is 16.4. The van der Waals surface area contributed by atoms with Crippen molar-refractivity contribution >= 4 is 29.7 Å². The summed E-state index contributed by atoms with van der Waals surface area (Å²) in [5.41, 5.74) is 0.828. The minimum Gasteiger partial charge on any atom is -0.407 e. The lowest BCUT2D eigenvalue weighted by Crippen LogP contribution is -2.66. The van der Waals surface area contributed by atoms with Crippen molar-refractivity contribution in [2.24, 2.45) is 5.92 Å². The van der Waals surface area contributed by atoms with Gasteiger partial charge < -0.3 is 4.43 Å². The van der Waals surface area contributed by atoms with E-state index in [9.17, 15) is 4.21 Å². The Balaban J connectivity index is 1.94. The van der Waals surface area contributed by atoms with Gasteiger partial charge in [-0.3, -0.25) is 0 Å². The van der Waals surface area contributed by atoms with E-state index in [0.717, 1.165) is 24.8 Å². The van der Waals surface area contributed by atoms with Crippen molar-refractivity contribution in [3.63, 3.8) is 0 Å². The molecule has 0 unspecified atom stereocenters. The van der Waals surface area contributed by atoms with Gasteiger partial charge in [-0.1, -0.05) is 81.4 Å². The van der Waals surface area contributed by atoms with E-state index in [1.165, 1.54) is 10.4 Å². The molecule has 0 heterocycles. The van der Waals surface area contributed by atoms with Gasteiger partial charge in [0.15, 0.2) is 0 Å². The largest absolute Gasteiger partial charge is 0.407 e. The van der Waals surface area contributed by atoms with Gasteiger partial charge in [0.1, 0.15) is 5.83 Å². The van der Waals surface area contributed by atoms with Crippen LogP contribution in [0.4, 0.5) is 4.39 Å². The van der Waals surface area contributed by atoms with Gasteiger partial charge in [-0.25, -0.2) is 13.3 Å². The molecule has 3 rings (SSSR count). The molecule has 2 aromatic carbocycles. The van der Waals surface area contributed by atoms with Crippen molar-refractivity contribution in [2.45, 2.75) is 83.6 Å². The molecule has 1 aliphatic carbocycles. The molecule has 35 heavy (non-hydrogen) atoms. The maximum absolute atomic E-state index is 15.6. The van der Waals surface area contributed by atoms with Gasteiger partial charge in [0.2, 0.25) is 0 Å². The van der Waals surface area contributed by atoms with E-state index < -0.39 is 30.1 Å². The summed E-state index contributed by atoms with van der Waals surface area (Å²) in [6.07, 6.45) is 2.59. The molecular formula is C29H42FNO2SSi. The summed E-state index contributed by atoms with van der Waals surface area (Å²) in [5, 5.41) is 2.35. The highest BCUT2D eigenvalue weighted by Gasteiger charge is 2.50. The number of rotatable bonds is 8. The van der Waals surface area contributed by atoms with Gasteiger partial charge in [-0.15, -0.1) is 0 Å². The maximum atomic E-state index is 15.6. The quantitative estimate of drug-likeness (QED) is 0.436. The minimum atomic E-state index is -2.67. The highest BCUT2D eigenvalue weighted by atomic mass is 32.2. The SMILES string of the molecule is C[C@H](N[S@@](=O)C(C)(C)C)/C(F)=C1/CCC[C@H]1CO[Si](c1ccccc1)(c1ccccc1)C(C)(C)C. The molecule has 0 radical (unpaired) electrons. The Morgan fingerprint density at radius 1 is 1.03 bits per heavy atom. The molecule has 6 heteroatoms. The summed E-state index contributed by atoms with van der Waals surface area (Å²) < 4.78 is 37.8. The highest BCUT2D eigenvalue weighted by molar-refractivity contribution is 7.84. The molecule has 1 fully saturated rings. The van der Waals surface area contributed by atoms with E-state index in [0.29, 0.717) is 6.61 Å². The summed E-state index contributed by atoms with van der Waals surface area (Å²) >= 11 is 0. The van der Waals surface area contributed by atoms with Crippen LogP contribution in [-0.2, 0) is 15.4 Å². The third kappa shape index (κ3) is 6.22. The zero-order valence-corrected chi connectivity index (χ0v) is 24.2. The molecule has 3 nitrogen and oxygen atoms in total. The van der Waals surface area contributed by atoms with Crippen LogP contribution in [0, 0.1) is 5.92 Å². The van der Waals surface area contributed by atoms with Crippen LogP contribution in [0.2, 0.25) is 5.04 Å². The fraction of sp³-hybridized carbons (Fsp3) is 0.517. The summed E-state index contributed by atoms with van der Waals surface area (Å²) in [7, 11) is -4.00. The fourth-order valence-corrected chi connectivity index (χ4v) is 10.5. The van der Waals surface area contributed by atoms with Crippen LogP contribution < -0.4 is 15.1 Å². The predicted molar refractivity (Wildman–Crippen MR) is 150 cm³/mol. The standard InChI is InChI=1S/C29H42FNO2SSi/c1-22(31-34(32)28(2,3)4)27(30)26-20-14-15-23(26)21-33-35(29(5,6)7,24-16-10-8-11-17-24)25-18-12-9-13-19-25/h8-13,16-19,22-23,31H,14-15,20-21H2,1-7H3/b27-26+/t22-,23-,34-/m0/s1. The lowest BCUT2D eigenvalue weighted by Gasteiger charge is -2.43. The first-order valence-corrected chi connectivity index (χ1v) is 15.7. The molecule has 192 valence electrons. The second kappa shape index (κ2) is 11.2. The molecule has 0 aliphatic heterocycles. The summed E-state index contributed by atoms with van der Waals surface area (Å²) in [4.78, 5) is 0. The van der Waals surface area contributed by atoms with Crippen LogP contribution in [0.15, 0.2) is 72.1 Å². The Morgan fingerprint density at radius 2 is 1.54 bits per heavy atom. The average molecular weight is 516 g/mol. The molecule has 1 N–H and O–H groups in total. The Bertz CT molecular complexity index is 989. The molecule has 1 saturated carbocycles.